The van der Waals surface area contributed by atoms with Crippen molar-refractivity contribution < 1.29 is 23.9 Å². The molecule has 32 heavy (non-hydrogen) atoms. The third-order valence-corrected chi connectivity index (χ3v) is 5.48. The molecule has 2 rings (SSSR count). The number of amides is 3. The van der Waals surface area contributed by atoms with Gasteiger partial charge in [0, 0.05) is 17.5 Å². The summed E-state index contributed by atoms with van der Waals surface area (Å²) in [5.74, 6) is -0.745. The van der Waals surface area contributed by atoms with Crippen LogP contribution in [0.4, 0.5) is 4.79 Å². The van der Waals surface area contributed by atoms with Crippen molar-refractivity contribution >= 4 is 35.8 Å². The van der Waals surface area contributed by atoms with E-state index in [4.69, 9.17) is 16.3 Å². The van der Waals surface area contributed by atoms with Crippen molar-refractivity contribution in [3.8, 4) is 0 Å². The molecule has 3 atom stereocenters. The van der Waals surface area contributed by atoms with Crippen molar-refractivity contribution in [1.29, 1.82) is 0 Å². The van der Waals surface area contributed by atoms with Crippen LogP contribution in [-0.2, 0) is 25.5 Å². The van der Waals surface area contributed by atoms with Gasteiger partial charge in [-0.1, -0.05) is 37.6 Å². The second-order valence-corrected chi connectivity index (χ2v) is 8.90. The van der Waals surface area contributed by atoms with Gasteiger partial charge in [0.15, 0.2) is 0 Å². The maximum absolute atomic E-state index is 12.7. The Bertz CT molecular complexity index is 802. The van der Waals surface area contributed by atoms with Crippen molar-refractivity contribution in [1.82, 2.24) is 16.0 Å². The van der Waals surface area contributed by atoms with E-state index in [9.17, 15) is 19.2 Å². The van der Waals surface area contributed by atoms with Crippen LogP contribution in [0, 0.1) is 11.8 Å². The lowest BCUT2D eigenvalue weighted by Crippen LogP contribution is -2.51. The summed E-state index contributed by atoms with van der Waals surface area (Å²) in [6.07, 6.45) is 2.53. The molecule has 3 N–H and O–H groups in total. The molecule has 0 aromatic heterocycles. The Morgan fingerprint density at radius 2 is 2.09 bits per heavy atom. The number of ether oxygens (including phenoxy) is 1. The van der Waals surface area contributed by atoms with E-state index < -0.39 is 24.1 Å². The topological polar surface area (TPSA) is 114 Å². The number of hydrogen-bond donors (Lipinski definition) is 3. The molecule has 1 heterocycles. The number of alkyl carbamates (subject to hydrolysis) is 1. The van der Waals surface area contributed by atoms with Gasteiger partial charge in [-0.15, -0.1) is 0 Å². The van der Waals surface area contributed by atoms with Gasteiger partial charge < -0.3 is 25.5 Å². The fourth-order valence-electron chi connectivity index (χ4n) is 3.63. The SMILES string of the molecule is CC(C)C[C@H](NC(=O)OCCCc1cccc(Cl)c1)C(=O)N[C@H](C=O)C[C@@H]1CCNC1=O. The first kappa shape index (κ1) is 25.6. The summed E-state index contributed by atoms with van der Waals surface area (Å²) < 4.78 is 5.22. The third kappa shape index (κ3) is 8.86. The molecule has 0 unspecified atom stereocenters. The lowest BCUT2D eigenvalue weighted by molar-refractivity contribution is -0.127. The molecule has 0 radical (unpaired) electrons. The Balaban J connectivity index is 1.81. The molecule has 1 fully saturated rings. The summed E-state index contributed by atoms with van der Waals surface area (Å²) in [4.78, 5) is 48.2. The van der Waals surface area contributed by atoms with Gasteiger partial charge in [-0.3, -0.25) is 9.59 Å². The molecule has 0 spiro atoms. The number of aryl methyl sites for hydroxylation is 1. The van der Waals surface area contributed by atoms with E-state index in [2.05, 4.69) is 16.0 Å². The summed E-state index contributed by atoms with van der Waals surface area (Å²) in [5, 5.41) is 8.62. The molecule has 176 valence electrons. The fraction of sp³-hybridized carbons (Fsp3) is 0.565. The zero-order valence-electron chi connectivity index (χ0n) is 18.6. The van der Waals surface area contributed by atoms with Crippen LogP contribution in [0.15, 0.2) is 24.3 Å². The van der Waals surface area contributed by atoms with Gasteiger partial charge in [0.2, 0.25) is 11.8 Å². The van der Waals surface area contributed by atoms with Gasteiger partial charge in [-0.05, 0) is 55.7 Å². The van der Waals surface area contributed by atoms with E-state index in [1.807, 2.05) is 32.0 Å². The summed E-state index contributed by atoms with van der Waals surface area (Å²) in [5.41, 5.74) is 1.05. The van der Waals surface area contributed by atoms with E-state index in [1.165, 1.54) is 0 Å². The lowest BCUT2D eigenvalue weighted by atomic mass is 9.98. The molecular formula is C23H32ClN3O5. The normalized spacial score (nSPS) is 17.4. The maximum atomic E-state index is 12.7. The molecule has 0 aliphatic carbocycles. The number of carbonyl (C=O) groups is 4. The number of halogens is 1. The van der Waals surface area contributed by atoms with Crippen LogP contribution in [0.5, 0.6) is 0 Å². The van der Waals surface area contributed by atoms with Gasteiger partial charge in [-0.25, -0.2) is 4.79 Å². The van der Waals surface area contributed by atoms with E-state index in [0.717, 1.165) is 5.56 Å². The van der Waals surface area contributed by atoms with Crippen molar-refractivity contribution in [2.24, 2.45) is 11.8 Å². The minimum Gasteiger partial charge on any atom is -0.450 e. The second-order valence-electron chi connectivity index (χ2n) is 8.46. The average molecular weight is 466 g/mol. The van der Waals surface area contributed by atoms with Gasteiger partial charge in [0.1, 0.15) is 12.3 Å². The zero-order valence-corrected chi connectivity index (χ0v) is 19.3. The highest BCUT2D eigenvalue weighted by Gasteiger charge is 2.30. The van der Waals surface area contributed by atoms with E-state index in [-0.39, 0.29) is 30.8 Å². The fourth-order valence-corrected chi connectivity index (χ4v) is 3.84. The Morgan fingerprint density at radius 1 is 1.31 bits per heavy atom. The highest BCUT2D eigenvalue weighted by Crippen LogP contribution is 2.16. The molecule has 9 heteroatoms. The van der Waals surface area contributed by atoms with Crippen molar-refractivity contribution in [3.05, 3.63) is 34.9 Å². The molecule has 0 saturated carbocycles. The minimum atomic E-state index is -0.838. The van der Waals surface area contributed by atoms with Crippen LogP contribution in [0.25, 0.3) is 0 Å². The first-order valence-electron chi connectivity index (χ1n) is 11.0. The number of benzene rings is 1. The number of carbonyl (C=O) groups excluding carboxylic acids is 4. The van der Waals surface area contributed by atoms with Crippen LogP contribution in [0.1, 0.15) is 45.1 Å². The summed E-state index contributed by atoms with van der Waals surface area (Å²) in [6, 6.07) is 5.85. The molecule has 8 nitrogen and oxygen atoms in total. The van der Waals surface area contributed by atoms with Gasteiger partial charge in [-0.2, -0.15) is 0 Å². The van der Waals surface area contributed by atoms with E-state index in [0.29, 0.717) is 43.5 Å². The van der Waals surface area contributed by atoms with Crippen molar-refractivity contribution in [2.75, 3.05) is 13.2 Å². The number of nitrogens with one attached hydrogen (secondary N) is 3. The smallest absolute Gasteiger partial charge is 0.407 e. The van der Waals surface area contributed by atoms with Crippen LogP contribution >= 0.6 is 11.6 Å². The molecule has 1 aliphatic heterocycles. The summed E-state index contributed by atoms with van der Waals surface area (Å²) >= 11 is 5.96. The van der Waals surface area contributed by atoms with Gasteiger partial charge in [0.05, 0.1) is 12.6 Å². The number of aldehydes is 1. The van der Waals surface area contributed by atoms with Gasteiger partial charge >= 0.3 is 6.09 Å². The first-order valence-corrected chi connectivity index (χ1v) is 11.4. The Morgan fingerprint density at radius 3 is 2.72 bits per heavy atom. The average Bonchev–Trinajstić information content (AvgIpc) is 3.14. The second kappa shape index (κ2) is 13.1. The Kier molecular flexibility index (Phi) is 10.5. The van der Waals surface area contributed by atoms with Crippen molar-refractivity contribution in [2.45, 2.75) is 58.0 Å². The summed E-state index contributed by atoms with van der Waals surface area (Å²) in [7, 11) is 0. The van der Waals surface area contributed by atoms with Gasteiger partial charge in [0.25, 0.3) is 0 Å². The Labute approximate surface area is 193 Å². The number of rotatable bonds is 12. The first-order chi connectivity index (χ1) is 15.3. The molecule has 1 saturated heterocycles. The lowest BCUT2D eigenvalue weighted by Gasteiger charge is -2.23. The Hall–Kier alpha value is -2.61. The maximum Gasteiger partial charge on any atom is 0.407 e. The molecular weight excluding hydrogens is 434 g/mol. The highest BCUT2D eigenvalue weighted by atomic mass is 35.5. The standard InChI is InChI=1S/C23H32ClN3O5/c1-15(2)11-20(22(30)26-19(14-28)13-17-8-9-25-21(17)29)27-23(31)32-10-4-6-16-5-3-7-18(24)12-16/h3,5,7,12,14-15,17,19-20H,4,6,8-11,13H2,1-2H3,(H,25,29)(H,26,30)(H,27,31)/t17-,19-,20-/m0/s1. The highest BCUT2D eigenvalue weighted by molar-refractivity contribution is 6.30. The largest absolute Gasteiger partial charge is 0.450 e. The molecule has 0 bridgehead atoms. The zero-order chi connectivity index (χ0) is 23.5. The quantitative estimate of drug-likeness (QED) is 0.324. The van der Waals surface area contributed by atoms with Crippen LogP contribution in [0.3, 0.4) is 0 Å². The van der Waals surface area contributed by atoms with E-state index >= 15 is 0 Å². The molecule has 1 aromatic rings. The van der Waals surface area contributed by atoms with Crippen molar-refractivity contribution in [3.63, 3.8) is 0 Å². The molecule has 1 aliphatic rings. The molecule has 1 aromatic carbocycles. The predicted octanol–water partition coefficient (Wildman–Crippen LogP) is 2.62. The minimum absolute atomic E-state index is 0.107. The monoisotopic (exact) mass is 465 g/mol. The number of hydrogen-bond acceptors (Lipinski definition) is 5. The summed E-state index contributed by atoms with van der Waals surface area (Å²) in [6.45, 7) is 4.63. The van der Waals surface area contributed by atoms with Crippen LogP contribution < -0.4 is 16.0 Å². The van der Waals surface area contributed by atoms with E-state index in [1.54, 1.807) is 6.07 Å². The predicted molar refractivity (Wildman–Crippen MR) is 121 cm³/mol. The van der Waals surface area contributed by atoms with Crippen LogP contribution in [-0.4, -0.2) is 49.4 Å². The molecule has 3 amide bonds. The van der Waals surface area contributed by atoms with Crippen LogP contribution in [0.2, 0.25) is 5.02 Å². The third-order valence-electron chi connectivity index (χ3n) is 5.24.